The number of anilines is 4. The second-order valence-electron chi connectivity index (χ2n) is 8.51. The Morgan fingerprint density at radius 1 is 1.14 bits per heavy atom. The summed E-state index contributed by atoms with van der Waals surface area (Å²) in [6.45, 7) is 1.89. The van der Waals surface area contributed by atoms with E-state index in [9.17, 15) is 18.0 Å². The normalized spacial score (nSPS) is 13.6. The molecule has 0 atom stereocenters. The Balaban J connectivity index is 1.37. The summed E-state index contributed by atoms with van der Waals surface area (Å²) in [5.74, 6) is 0.466. The number of nitrogens with zero attached hydrogens (tertiary/aromatic N) is 4. The molecule has 1 amide bonds. The van der Waals surface area contributed by atoms with Gasteiger partial charge in [0, 0.05) is 36.2 Å². The molecule has 11 heteroatoms. The Morgan fingerprint density at radius 2 is 1.94 bits per heavy atom. The number of nitrogens with one attached hydrogen (secondary N) is 3. The van der Waals surface area contributed by atoms with E-state index in [1.165, 1.54) is 12.1 Å². The highest BCUT2D eigenvalue weighted by molar-refractivity contribution is 6.04. The van der Waals surface area contributed by atoms with E-state index in [0.29, 0.717) is 34.8 Å². The first-order valence-corrected chi connectivity index (χ1v) is 11.0. The van der Waals surface area contributed by atoms with Crippen LogP contribution in [-0.4, -0.2) is 31.7 Å². The molecule has 2 heterocycles. The summed E-state index contributed by atoms with van der Waals surface area (Å²) in [5, 5.41) is 14.4. The SMILES string of the molecule is Cc1ccc(NC(=O)c2cccc(C(F)(F)F)c2)cc1Nc1nn(C)c2nc(NC3CC3)ncc12. The number of aromatic nitrogens is 4. The molecule has 0 spiro atoms. The van der Waals surface area contributed by atoms with Crippen molar-refractivity contribution in [1.82, 2.24) is 19.7 Å². The van der Waals surface area contributed by atoms with Crippen molar-refractivity contribution in [3.8, 4) is 0 Å². The number of hydrogen-bond acceptors (Lipinski definition) is 6. The van der Waals surface area contributed by atoms with Gasteiger partial charge >= 0.3 is 6.18 Å². The van der Waals surface area contributed by atoms with Crippen molar-refractivity contribution < 1.29 is 18.0 Å². The van der Waals surface area contributed by atoms with E-state index in [1.807, 2.05) is 6.92 Å². The van der Waals surface area contributed by atoms with Crippen LogP contribution < -0.4 is 16.0 Å². The zero-order chi connectivity index (χ0) is 24.7. The van der Waals surface area contributed by atoms with Gasteiger partial charge in [-0.25, -0.2) is 9.67 Å². The Kier molecular flexibility index (Phi) is 5.54. The van der Waals surface area contributed by atoms with Crippen molar-refractivity contribution in [2.24, 2.45) is 7.05 Å². The number of hydrogen-bond donors (Lipinski definition) is 3. The quantitative estimate of drug-likeness (QED) is 0.348. The zero-order valence-electron chi connectivity index (χ0n) is 18.9. The summed E-state index contributed by atoms with van der Waals surface area (Å²) in [4.78, 5) is 21.5. The number of rotatable bonds is 6. The number of carbonyl (C=O) groups is 1. The van der Waals surface area contributed by atoms with Crippen LogP contribution >= 0.6 is 0 Å². The second kappa shape index (κ2) is 8.57. The molecule has 8 nitrogen and oxygen atoms in total. The van der Waals surface area contributed by atoms with Crippen molar-refractivity contribution >= 4 is 40.1 Å². The largest absolute Gasteiger partial charge is 0.416 e. The van der Waals surface area contributed by atoms with Crippen molar-refractivity contribution in [2.45, 2.75) is 32.0 Å². The van der Waals surface area contributed by atoms with Gasteiger partial charge in [0.15, 0.2) is 11.5 Å². The number of amides is 1. The molecule has 1 aliphatic rings. The molecule has 1 saturated carbocycles. The first-order valence-electron chi connectivity index (χ1n) is 11.0. The van der Waals surface area contributed by atoms with Gasteiger partial charge < -0.3 is 16.0 Å². The van der Waals surface area contributed by atoms with Gasteiger partial charge in [0.25, 0.3) is 5.91 Å². The summed E-state index contributed by atoms with van der Waals surface area (Å²) in [6.07, 6.45) is -0.600. The predicted octanol–water partition coefficient (Wildman–Crippen LogP) is 5.26. The third-order valence-electron chi connectivity index (χ3n) is 5.69. The van der Waals surface area contributed by atoms with E-state index in [4.69, 9.17) is 0 Å². The highest BCUT2D eigenvalue weighted by Gasteiger charge is 2.31. The van der Waals surface area contributed by atoms with E-state index >= 15 is 0 Å². The van der Waals surface area contributed by atoms with Crippen LogP contribution in [-0.2, 0) is 13.2 Å². The van der Waals surface area contributed by atoms with Crippen LogP contribution in [0.1, 0.15) is 34.3 Å². The van der Waals surface area contributed by atoms with E-state index in [1.54, 1.807) is 36.1 Å². The van der Waals surface area contributed by atoms with Crippen LogP contribution in [0.3, 0.4) is 0 Å². The zero-order valence-corrected chi connectivity index (χ0v) is 18.9. The van der Waals surface area contributed by atoms with Crippen LogP contribution in [0.5, 0.6) is 0 Å². The lowest BCUT2D eigenvalue weighted by Gasteiger charge is -2.12. The van der Waals surface area contributed by atoms with E-state index in [-0.39, 0.29) is 5.56 Å². The highest BCUT2D eigenvalue weighted by Crippen LogP contribution is 2.31. The number of fused-ring (bicyclic) bond motifs is 1. The molecule has 180 valence electrons. The number of halogens is 3. The first-order chi connectivity index (χ1) is 16.7. The van der Waals surface area contributed by atoms with Gasteiger partial charge in [0.05, 0.1) is 10.9 Å². The van der Waals surface area contributed by atoms with Crippen LogP contribution in [0.4, 0.5) is 36.3 Å². The minimum Gasteiger partial charge on any atom is -0.351 e. The average Bonchev–Trinajstić information content (AvgIpc) is 3.58. The highest BCUT2D eigenvalue weighted by atomic mass is 19.4. The molecule has 1 aliphatic carbocycles. The lowest BCUT2D eigenvalue weighted by atomic mass is 10.1. The smallest absolute Gasteiger partial charge is 0.351 e. The molecule has 35 heavy (non-hydrogen) atoms. The van der Waals surface area contributed by atoms with Crippen molar-refractivity contribution in [3.05, 3.63) is 65.4 Å². The minimum atomic E-state index is -4.53. The van der Waals surface area contributed by atoms with E-state index in [0.717, 1.165) is 35.9 Å². The number of carbonyl (C=O) groups excluding carboxylic acids is 1. The molecular weight excluding hydrogens is 459 g/mol. The number of benzene rings is 2. The molecule has 0 saturated heterocycles. The predicted molar refractivity (Wildman–Crippen MR) is 127 cm³/mol. The van der Waals surface area contributed by atoms with Crippen LogP contribution in [0, 0.1) is 6.92 Å². The standard InChI is InChI=1S/C24H22F3N7O/c1-13-6-7-17(29-22(35)14-4-3-5-15(10-14)24(25,26)27)11-19(13)31-20-18-12-28-23(30-16-8-9-16)32-21(18)34(2)33-20/h3-7,10-12,16H,8-9H2,1-2H3,(H,29,35)(H,31,33)(H,28,30,32). The lowest BCUT2D eigenvalue weighted by molar-refractivity contribution is -0.137. The Morgan fingerprint density at radius 3 is 2.69 bits per heavy atom. The van der Waals surface area contributed by atoms with Crippen LogP contribution in [0.15, 0.2) is 48.7 Å². The van der Waals surface area contributed by atoms with Crippen molar-refractivity contribution in [1.29, 1.82) is 0 Å². The van der Waals surface area contributed by atoms with Gasteiger partial charge in [-0.3, -0.25) is 4.79 Å². The van der Waals surface area contributed by atoms with Crippen LogP contribution in [0.2, 0.25) is 0 Å². The molecule has 4 aromatic rings. The maximum Gasteiger partial charge on any atom is 0.416 e. The molecule has 1 fully saturated rings. The fourth-order valence-corrected chi connectivity index (χ4v) is 3.61. The molecule has 0 bridgehead atoms. The van der Waals surface area contributed by atoms with Gasteiger partial charge in [0.2, 0.25) is 5.95 Å². The molecule has 3 N–H and O–H groups in total. The molecule has 2 aromatic carbocycles. The summed E-state index contributed by atoms with van der Waals surface area (Å²) < 4.78 is 40.6. The fourth-order valence-electron chi connectivity index (χ4n) is 3.61. The Bertz CT molecular complexity index is 1430. The molecule has 5 rings (SSSR count). The van der Waals surface area contributed by atoms with Gasteiger partial charge in [-0.05, 0) is 55.7 Å². The van der Waals surface area contributed by atoms with Gasteiger partial charge in [-0.2, -0.15) is 23.3 Å². The first kappa shape index (κ1) is 22.6. The molecule has 0 unspecified atom stereocenters. The fraction of sp³-hybridized carbons (Fsp3) is 0.250. The summed E-state index contributed by atoms with van der Waals surface area (Å²) >= 11 is 0. The maximum atomic E-state index is 13.0. The molecule has 2 aromatic heterocycles. The lowest BCUT2D eigenvalue weighted by Crippen LogP contribution is -2.14. The van der Waals surface area contributed by atoms with Crippen molar-refractivity contribution in [3.63, 3.8) is 0 Å². The molecule has 0 radical (unpaired) electrons. The maximum absolute atomic E-state index is 13.0. The summed E-state index contributed by atoms with van der Waals surface area (Å²) in [7, 11) is 1.79. The van der Waals surface area contributed by atoms with Crippen LogP contribution in [0.25, 0.3) is 11.0 Å². The summed E-state index contributed by atoms with van der Waals surface area (Å²) in [5.41, 5.74) is 1.68. The number of aryl methyl sites for hydroxylation is 2. The average molecular weight is 481 g/mol. The minimum absolute atomic E-state index is 0.0848. The van der Waals surface area contributed by atoms with E-state index in [2.05, 4.69) is 31.0 Å². The third-order valence-corrected chi connectivity index (χ3v) is 5.69. The Labute approximate surface area is 198 Å². The second-order valence-corrected chi connectivity index (χ2v) is 8.51. The molecule has 0 aliphatic heterocycles. The number of alkyl halides is 3. The molecular formula is C24H22F3N7O. The van der Waals surface area contributed by atoms with Crippen molar-refractivity contribution in [2.75, 3.05) is 16.0 Å². The summed E-state index contributed by atoms with van der Waals surface area (Å²) in [6, 6.07) is 9.90. The van der Waals surface area contributed by atoms with Gasteiger partial charge in [-0.15, -0.1) is 0 Å². The Hall–Kier alpha value is -4.15. The topological polar surface area (TPSA) is 96.8 Å². The monoisotopic (exact) mass is 481 g/mol. The van der Waals surface area contributed by atoms with Gasteiger partial charge in [-0.1, -0.05) is 12.1 Å². The van der Waals surface area contributed by atoms with E-state index < -0.39 is 17.6 Å². The third kappa shape index (κ3) is 4.88. The van der Waals surface area contributed by atoms with Gasteiger partial charge in [0.1, 0.15) is 0 Å².